The van der Waals surface area contributed by atoms with Crippen molar-refractivity contribution in [1.29, 1.82) is 0 Å². The predicted molar refractivity (Wildman–Crippen MR) is 556 cm³/mol. The van der Waals surface area contributed by atoms with E-state index in [-0.39, 0.29) is 85.6 Å². The Bertz CT molecular complexity index is 3290. The molecule has 129 heavy (non-hydrogen) atoms. The number of rotatable bonds is 59. The van der Waals surface area contributed by atoms with Gasteiger partial charge in [-0.3, -0.25) is 0 Å². The van der Waals surface area contributed by atoms with Crippen molar-refractivity contribution in [2.45, 2.75) is 543 Å². The summed E-state index contributed by atoms with van der Waals surface area (Å²) in [4.78, 5) is 75.0. The van der Waals surface area contributed by atoms with Crippen LogP contribution in [0.1, 0.15) is 458 Å². The molecule has 0 unspecified atom stereocenters. The van der Waals surface area contributed by atoms with Crippen LogP contribution in [0.15, 0.2) is 0 Å². The molecule has 0 atom stereocenters. The number of hydrogen-bond acceptors (Lipinski definition) is 23. The summed E-state index contributed by atoms with van der Waals surface area (Å²) < 4.78 is 0. The maximum absolute atomic E-state index is 6.07. The zero-order chi connectivity index (χ0) is 94.7. The van der Waals surface area contributed by atoms with E-state index in [2.05, 4.69) is 271 Å². The molecule has 5 N–H and O–H groups in total. The van der Waals surface area contributed by atoms with Gasteiger partial charge in [-0.2, -0.15) is 44.9 Å². The Balaban J connectivity index is 1.11. The number of anilines is 9. The predicted octanol–water partition coefficient (Wildman–Crippen LogP) is 23.3. The standard InChI is InChI=1S/C106H203N23/c1-30-39-60-121(61-40-31-2)88-107-89(122(62-41-32-3)63-42-33-4)110-92(109-88)126(84-75-99(14,15)117-100(16,17)76-84)69-56-52-48-50-54-58-71-128(86-79-103(22,23)119-104(24,25)80-86)95-113-94(125(68-47-38-9)83-73-97(10,11)116-98(12,13)74-83)114-96(115-95)129(87-81-105(26,27)120-106(28,29)82-87)72-59-55-51-49-53-57-70-127(85-77-101(18,19)118-102(20,21)78-85)93-111-90(123(64-43-34-5)65-44-35-6)108-91(112-93)124(66-45-36-7)67-46-37-8/h83-87,116-120H,30-82H2,1-29H3. The maximum Gasteiger partial charge on any atom is 0.232 e. The Labute approximate surface area is 792 Å². The van der Waals surface area contributed by atoms with E-state index in [1.54, 1.807) is 0 Å². The summed E-state index contributed by atoms with van der Waals surface area (Å²) in [6.45, 7) is 81.4. The minimum Gasteiger partial charge on any atom is -0.341 e. The number of piperidine rings is 5. The average Bonchev–Trinajstić information content (AvgIpc) is 0.813. The van der Waals surface area contributed by atoms with Gasteiger partial charge in [0, 0.05) is 171 Å². The Morgan fingerprint density at radius 1 is 0.171 bits per heavy atom. The van der Waals surface area contributed by atoms with Crippen molar-refractivity contribution in [3.63, 3.8) is 0 Å². The summed E-state index contributed by atoms with van der Waals surface area (Å²) in [6.07, 6.45) is 44.0. The lowest BCUT2D eigenvalue weighted by atomic mass is 9.79. The van der Waals surface area contributed by atoms with E-state index in [1.165, 1.54) is 25.7 Å². The molecular weight excluding hydrogens is 1600 g/mol. The van der Waals surface area contributed by atoms with Gasteiger partial charge in [0.2, 0.25) is 53.5 Å². The van der Waals surface area contributed by atoms with E-state index < -0.39 is 0 Å². The quantitative estimate of drug-likeness (QED) is 0.0333. The minimum absolute atomic E-state index is 0.0405. The molecule has 5 saturated heterocycles. The summed E-state index contributed by atoms with van der Waals surface area (Å²) in [5.41, 5.74) is -0.681. The van der Waals surface area contributed by atoms with Gasteiger partial charge in [-0.15, -0.1) is 0 Å². The molecule has 5 aliphatic heterocycles. The summed E-state index contributed by atoms with van der Waals surface area (Å²) in [5, 5.41) is 20.4. The highest BCUT2D eigenvalue weighted by molar-refractivity contribution is 5.52. The number of hydrogen-bond donors (Lipinski definition) is 5. The van der Waals surface area contributed by atoms with Gasteiger partial charge in [-0.25, -0.2) is 0 Å². The lowest BCUT2D eigenvalue weighted by Crippen LogP contribution is -2.63. The molecule has 8 heterocycles. The molecule has 3 aromatic rings. The van der Waals surface area contributed by atoms with Crippen LogP contribution < -0.4 is 70.7 Å². The van der Waals surface area contributed by atoms with E-state index in [0.29, 0.717) is 0 Å². The molecule has 0 bridgehead atoms. The number of nitrogens with one attached hydrogen (secondary N) is 5. The molecule has 0 amide bonds. The van der Waals surface area contributed by atoms with Crippen LogP contribution in [0.2, 0.25) is 0 Å². The van der Waals surface area contributed by atoms with Crippen molar-refractivity contribution < 1.29 is 0 Å². The Morgan fingerprint density at radius 3 is 0.434 bits per heavy atom. The first-order valence-electron chi connectivity index (χ1n) is 53.9. The van der Waals surface area contributed by atoms with Gasteiger partial charge in [-0.05, 0) is 286 Å². The lowest BCUT2D eigenvalue weighted by Gasteiger charge is -2.51. The lowest BCUT2D eigenvalue weighted by molar-refractivity contribution is 0.156. The van der Waals surface area contributed by atoms with Crippen LogP contribution in [0.3, 0.4) is 0 Å². The van der Waals surface area contributed by atoms with Gasteiger partial charge in [0.05, 0.1) is 0 Å². The molecule has 0 spiro atoms. The van der Waals surface area contributed by atoms with Crippen molar-refractivity contribution in [3.8, 4) is 0 Å². The minimum atomic E-state index is -0.0946. The molecule has 5 fully saturated rings. The van der Waals surface area contributed by atoms with Gasteiger partial charge in [-0.1, -0.05) is 171 Å². The second-order valence-corrected chi connectivity index (χ2v) is 47.8. The SMILES string of the molecule is CCCCN(CCCC)c1nc(N(CCCC)CCCC)nc(N(CCCCCCCCN(c2nc(N(CCCC)C3CC(C)(C)NC(C)(C)C3)nc(N(CCCCCCCCN(c3nc(N(CCCC)CCCC)nc(N(CCCC)CCCC)n3)C3CC(C)(C)NC(C)(C)C3)C3CC(C)(C)NC(C)(C)C3)n2)C2CC(C)(C)NC(C)(C)C2)C2CC(C)(C)NC(C)(C)C2)n1. The van der Waals surface area contributed by atoms with Crippen molar-refractivity contribution in [1.82, 2.24) is 71.4 Å². The summed E-state index contributed by atoms with van der Waals surface area (Å²) in [6, 6.07) is 1.26. The highest BCUT2D eigenvalue weighted by Crippen LogP contribution is 2.43. The molecule has 23 nitrogen and oxygen atoms in total. The third kappa shape index (κ3) is 35.6. The van der Waals surface area contributed by atoms with E-state index in [9.17, 15) is 0 Å². The van der Waals surface area contributed by atoms with Crippen LogP contribution in [0, 0.1) is 0 Å². The van der Waals surface area contributed by atoms with Crippen LogP contribution in [0.25, 0.3) is 0 Å². The number of aromatic nitrogens is 9. The number of nitrogens with zero attached hydrogens (tertiary/aromatic N) is 18. The van der Waals surface area contributed by atoms with Gasteiger partial charge in [0.15, 0.2) is 0 Å². The van der Waals surface area contributed by atoms with Crippen LogP contribution in [-0.2, 0) is 0 Å². The molecule has 8 rings (SSSR count). The fraction of sp³-hybridized carbons (Fsp3) is 0.915. The van der Waals surface area contributed by atoms with Crippen LogP contribution in [-0.4, -0.2) is 216 Å². The van der Waals surface area contributed by atoms with E-state index in [1.807, 2.05) is 0 Å². The van der Waals surface area contributed by atoms with Crippen LogP contribution in [0.5, 0.6) is 0 Å². The van der Waals surface area contributed by atoms with Crippen LogP contribution >= 0.6 is 0 Å². The third-order valence-electron chi connectivity index (χ3n) is 28.4. The fourth-order valence-electron chi connectivity index (χ4n) is 23.8. The molecule has 0 aliphatic carbocycles. The van der Waals surface area contributed by atoms with Crippen molar-refractivity contribution in [2.75, 3.05) is 129 Å². The van der Waals surface area contributed by atoms with E-state index >= 15 is 0 Å². The average molecular weight is 1800 g/mol. The van der Waals surface area contributed by atoms with E-state index in [0.717, 1.165) is 370 Å². The highest BCUT2D eigenvalue weighted by atomic mass is 15.4. The van der Waals surface area contributed by atoms with E-state index in [4.69, 9.17) is 44.9 Å². The van der Waals surface area contributed by atoms with Gasteiger partial charge in [0.25, 0.3) is 0 Å². The first kappa shape index (κ1) is 109. The smallest absolute Gasteiger partial charge is 0.232 e. The molecule has 0 aromatic carbocycles. The maximum atomic E-state index is 6.07. The second-order valence-electron chi connectivity index (χ2n) is 47.8. The normalized spacial score (nSPS) is 20.1. The first-order valence-corrected chi connectivity index (χ1v) is 53.9. The monoisotopic (exact) mass is 1800 g/mol. The molecule has 23 heteroatoms. The Kier molecular flexibility index (Phi) is 42.6. The molecule has 3 aromatic heterocycles. The zero-order valence-corrected chi connectivity index (χ0v) is 89.4. The topological polar surface area (TPSA) is 205 Å². The van der Waals surface area contributed by atoms with Crippen molar-refractivity contribution in [2.24, 2.45) is 0 Å². The Morgan fingerprint density at radius 2 is 0.287 bits per heavy atom. The fourth-order valence-corrected chi connectivity index (χ4v) is 23.8. The zero-order valence-electron chi connectivity index (χ0n) is 89.4. The molecule has 742 valence electrons. The molecular formula is C106H203N23. The first-order chi connectivity index (χ1) is 60.8. The molecule has 0 radical (unpaired) electrons. The van der Waals surface area contributed by atoms with Crippen molar-refractivity contribution >= 4 is 53.5 Å². The largest absolute Gasteiger partial charge is 0.341 e. The second kappa shape index (κ2) is 50.2. The number of unbranched alkanes of at least 4 members (excludes halogenated alkanes) is 19. The molecule has 0 saturated carbocycles. The molecule has 5 aliphatic rings. The third-order valence-corrected chi connectivity index (χ3v) is 28.4. The van der Waals surface area contributed by atoms with Crippen molar-refractivity contribution in [3.05, 3.63) is 0 Å². The van der Waals surface area contributed by atoms with Gasteiger partial charge >= 0.3 is 0 Å². The highest BCUT2D eigenvalue weighted by Gasteiger charge is 2.48. The summed E-state index contributed by atoms with van der Waals surface area (Å²) >= 11 is 0. The summed E-state index contributed by atoms with van der Waals surface area (Å²) in [5.74, 6) is 7.84. The summed E-state index contributed by atoms with van der Waals surface area (Å²) in [7, 11) is 0. The van der Waals surface area contributed by atoms with Crippen LogP contribution in [0.4, 0.5) is 53.5 Å². The van der Waals surface area contributed by atoms with Gasteiger partial charge < -0.3 is 70.7 Å². The van der Waals surface area contributed by atoms with Gasteiger partial charge in [0.1, 0.15) is 0 Å². The Hall–Kier alpha value is -4.97.